The second kappa shape index (κ2) is 3.95. The highest BCUT2D eigenvalue weighted by molar-refractivity contribution is 5.85. The Kier molecular flexibility index (Phi) is 2.64. The Morgan fingerprint density at radius 1 is 1.47 bits per heavy atom. The molecule has 3 heteroatoms. The number of hydrogen-bond donors (Lipinski definition) is 3. The first-order chi connectivity index (χ1) is 7.22. The Bertz CT molecular complexity index is 462. The van der Waals surface area contributed by atoms with Crippen molar-refractivity contribution in [2.45, 2.75) is 19.3 Å². The number of nitrogens with two attached hydrogens (primary N) is 1. The zero-order chi connectivity index (χ0) is 10.8. The van der Waals surface area contributed by atoms with E-state index in [4.69, 9.17) is 5.73 Å². The third-order valence-electron chi connectivity index (χ3n) is 2.83. The van der Waals surface area contributed by atoms with Crippen LogP contribution < -0.4 is 5.73 Å². The molecule has 15 heavy (non-hydrogen) atoms. The summed E-state index contributed by atoms with van der Waals surface area (Å²) in [5.41, 5.74) is 7.84. The van der Waals surface area contributed by atoms with Gasteiger partial charge in [-0.25, -0.2) is 0 Å². The molecule has 0 aliphatic rings. The van der Waals surface area contributed by atoms with Gasteiger partial charge in [0, 0.05) is 17.1 Å². The van der Waals surface area contributed by atoms with Crippen molar-refractivity contribution in [2.75, 3.05) is 6.54 Å². The van der Waals surface area contributed by atoms with Crippen molar-refractivity contribution < 1.29 is 5.11 Å². The molecule has 2 rings (SSSR count). The van der Waals surface area contributed by atoms with E-state index in [2.05, 4.69) is 11.9 Å². The average molecular weight is 204 g/mol. The number of phenolic OH excluding ortho intramolecular Hbond substituents is 1. The van der Waals surface area contributed by atoms with Crippen LogP contribution in [0.2, 0.25) is 0 Å². The summed E-state index contributed by atoms with van der Waals surface area (Å²) in [5, 5.41) is 10.5. The summed E-state index contributed by atoms with van der Waals surface area (Å²) in [6.45, 7) is 2.84. The third kappa shape index (κ3) is 1.83. The van der Waals surface area contributed by atoms with Crippen molar-refractivity contribution >= 4 is 10.9 Å². The SMILES string of the molecule is CC(CCN)c1c[nH]c2ccc(O)cc12. The highest BCUT2D eigenvalue weighted by Gasteiger charge is 2.10. The van der Waals surface area contributed by atoms with Gasteiger partial charge in [-0.15, -0.1) is 0 Å². The molecule has 1 aromatic heterocycles. The maximum Gasteiger partial charge on any atom is 0.116 e. The van der Waals surface area contributed by atoms with Gasteiger partial charge in [0.25, 0.3) is 0 Å². The number of H-pyrrole nitrogens is 1. The number of aromatic nitrogens is 1. The predicted molar refractivity (Wildman–Crippen MR) is 62.0 cm³/mol. The first-order valence-electron chi connectivity index (χ1n) is 5.22. The molecule has 0 saturated heterocycles. The van der Waals surface area contributed by atoms with Crippen LogP contribution in [0.15, 0.2) is 24.4 Å². The molecule has 2 aromatic rings. The van der Waals surface area contributed by atoms with Crippen LogP contribution in [0.1, 0.15) is 24.8 Å². The molecule has 1 heterocycles. The second-order valence-electron chi connectivity index (χ2n) is 3.95. The molecule has 0 spiro atoms. The lowest BCUT2D eigenvalue weighted by molar-refractivity contribution is 0.476. The fraction of sp³-hybridized carbons (Fsp3) is 0.333. The Morgan fingerprint density at radius 3 is 3.00 bits per heavy atom. The van der Waals surface area contributed by atoms with Crippen LogP contribution in [0.5, 0.6) is 5.75 Å². The van der Waals surface area contributed by atoms with E-state index in [-0.39, 0.29) is 0 Å². The fourth-order valence-corrected chi connectivity index (χ4v) is 1.94. The highest BCUT2D eigenvalue weighted by Crippen LogP contribution is 2.29. The molecule has 0 amide bonds. The molecule has 80 valence electrons. The lowest BCUT2D eigenvalue weighted by atomic mass is 9.97. The molecule has 0 bridgehead atoms. The quantitative estimate of drug-likeness (QED) is 0.718. The van der Waals surface area contributed by atoms with E-state index in [0.717, 1.165) is 17.3 Å². The molecule has 0 radical (unpaired) electrons. The standard InChI is InChI=1S/C12H16N2O/c1-8(4-5-13)11-7-14-12-3-2-9(15)6-10(11)12/h2-3,6-8,14-15H,4-5,13H2,1H3. The Hall–Kier alpha value is -1.48. The minimum Gasteiger partial charge on any atom is -0.508 e. The number of nitrogens with one attached hydrogen (secondary N) is 1. The second-order valence-corrected chi connectivity index (χ2v) is 3.95. The van der Waals surface area contributed by atoms with Crippen LogP contribution in [0.4, 0.5) is 0 Å². The summed E-state index contributed by atoms with van der Waals surface area (Å²) in [6, 6.07) is 5.38. The Labute approximate surface area is 88.9 Å². The summed E-state index contributed by atoms with van der Waals surface area (Å²) in [6.07, 6.45) is 2.97. The number of rotatable bonds is 3. The van der Waals surface area contributed by atoms with Gasteiger partial charge in [-0.2, -0.15) is 0 Å². The van der Waals surface area contributed by atoms with Crippen LogP contribution in [0, 0.1) is 0 Å². The maximum atomic E-state index is 9.45. The fourth-order valence-electron chi connectivity index (χ4n) is 1.94. The smallest absolute Gasteiger partial charge is 0.116 e. The number of aromatic amines is 1. The third-order valence-corrected chi connectivity index (χ3v) is 2.83. The van der Waals surface area contributed by atoms with Gasteiger partial charge in [0.15, 0.2) is 0 Å². The van der Waals surface area contributed by atoms with Gasteiger partial charge in [0.05, 0.1) is 0 Å². The topological polar surface area (TPSA) is 62.0 Å². The lowest BCUT2D eigenvalue weighted by Crippen LogP contribution is -2.03. The molecule has 0 saturated carbocycles. The minimum atomic E-state index is 0.309. The van der Waals surface area contributed by atoms with Crippen LogP contribution in [0.25, 0.3) is 10.9 Å². The minimum absolute atomic E-state index is 0.309. The first kappa shape index (κ1) is 10.1. The molecular weight excluding hydrogens is 188 g/mol. The molecule has 3 nitrogen and oxygen atoms in total. The van der Waals surface area contributed by atoms with E-state index < -0.39 is 0 Å². The van der Waals surface area contributed by atoms with Crippen LogP contribution >= 0.6 is 0 Å². The van der Waals surface area contributed by atoms with Gasteiger partial charge >= 0.3 is 0 Å². The molecule has 1 unspecified atom stereocenters. The lowest BCUT2D eigenvalue weighted by Gasteiger charge is -2.08. The normalized spacial score (nSPS) is 13.2. The van der Waals surface area contributed by atoms with E-state index in [0.29, 0.717) is 18.2 Å². The van der Waals surface area contributed by atoms with E-state index in [1.54, 1.807) is 12.1 Å². The van der Waals surface area contributed by atoms with Crippen molar-refractivity contribution in [2.24, 2.45) is 5.73 Å². The van der Waals surface area contributed by atoms with Gasteiger partial charge in [-0.3, -0.25) is 0 Å². The monoisotopic (exact) mass is 204 g/mol. The molecule has 1 atom stereocenters. The summed E-state index contributed by atoms with van der Waals surface area (Å²) in [5.74, 6) is 0.730. The summed E-state index contributed by atoms with van der Waals surface area (Å²) in [7, 11) is 0. The van der Waals surface area contributed by atoms with Gasteiger partial charge in [0.2, 0.25) is 0 Å². The van der Waals surface area contributed by atoms with E-state index >= 15 is 0 Å². The van der Waals surface area contributed by atoms with E-state index in [1.165, 1.54) is 5.56 Å². The number of hydrogen-bond acceptors (Lipinski definition) is 2. The number of phenols is 1. The van der Waals surface area contributed by atoms with Crippen LogP contribution in [0.3, 0.4) is 0 Å². The van der Waals surface area contributed by atoms with Crippen molar-refractivity contribution in [3.05, 3.63) is 30.0 Å². The van der Waals surface area contributed by atoms with Crippen molar-refractivity contribution in [3.8, 4) is 5.75 Å². The number of benzene rings is 1. The molecule has 1 aromatic carbocycles. The van der Waals surface area contributed by atoms with Gasteiger partial charge in [-0.05, 0) is 42.6 Å². The van der Waals surface area contributed by atoms with Crippen molar-refractivity contribution in [3.63, 3.8) is 0 Å². The van der Waals surface area contributed by atoms with E-state index in [1.807, 2.05) is 12.3 Å². The molecule has 4 N–H and O–H groups in total. The number of fused-ring (bicyclic) bond motifs is 1. The van der Waals surface area contributed by atoms with Crippen LogP contribution in [-0.4, -0.2) is 16.6 Å². The van der Waals surface area contributed by atoms with Gasteiger partial charge in [0.1, 0.15) is 5.75 Å². The van der Waals surface area contributed by atoms with E-state index in [9.17, 15) is 5.11 Å². The molecule has 0 aliphatic heterocycles. The Balaban J connectivity index is 2.47. The highest BCUT2D eigenvalue weighted by atomic mass is 16.3. The summed E-state index contributed by atoms with van der Waals surface area (Å²) in [4.78, 5) is 3.20. The van der Waals surface area contributed by atoms with Gasteiger partial charge in [-0.1, -0.05) is 6.92 Å². The van der Waals surface area contributed by atoms with Crippen LogP contribution in [-0.2, 0) is 0 Å². The van der Waals surface area contributed by atoms with Crippen molar-refractivity contribution in [1.82, 2.24) is 4.98 Å². The zero-order valence-corrected chi connectivity index (χ0v) is 8.83. The number of aromatic hydroxyl groups is 1. The molecule has 0 fully saturated rings. The predicted octanol–water partition coefficient (Wildman–Crippen LogP) is 2.33. The molecular formula is C12H16N2O. The van der Waals surface area contributed by atoms with Gasteiger partial charge < -0.3 is 15.8 Å². The summed E-state index contributed by atoms with van der Waals surface area (Å²) < 4.78 is 0. The maximum absolute atomic E-state index is 9.45. The average Bonchev–Trinajstić information content (AvgIpc) is 2.60. The van der Waals surface area contributed by atoms with Crippen molar-refractivity contribution in [1.29, 1.82) is 0 Å². The summed E-state index contributed by atoms with van der Waals surface area (Å²) >= 11 is 0. The first-order valence-corrected chi connectivity index (χ1v) is 5.22. The zero-order valence-electron chi connectivity index (χ0n) is 8.83. The molecule has 0 aliphatic carbocycles. The largest absolute Gasteiger partial charge is 0.508 e. The Morgan fingerprint density at radius 2 is 2.27 bits per heavy atom.